The molecule has 2 rings (SSSR count). The third-order valence-corrected chi connectivity index (χ3v) is 3.37. The van der Waals surface area contributed by atoms with Gasteiger partial charge in [0.2, 0.25) is 0 Å². The van der Waals surface area contributed by atoms with E-state index in [1.807, 2.05) is 0 Å². The van der Waals surface area contributed by atoms with Crippen LogP contribution < -0.4 is 5.73 Å². The highest BCUT2D eigenvalue weighted by molar-refractivity contribution is 9.10. The molecule has 0 radical (unpaired) electrons. The van der Waals surface area contributed by atoms with Crippen molar-refractivity contribution >= 4 is 15.9 Å². The summed E-state index contributed by atoms with van der Waals surface area (Å²) in [5.41, 5.74) is 7.28. The lowest BCUT2D eigenvalue weighted by Crippen LogP contribution is -2.32. The van der Waals surface area contributed by atoms with Gasteiger partial charge in [0.15, 0.2) is 0 Å². The Bertz CT molecular complexity index is 343. The SMILES string of the molecule is CC(C)c1nc(Br)c2n1CC(N)CC2. The second-order valence-corrected chi connectivity index (χ2v) is 5.02. The van der Waals surface area contributed by atoms with Crippen LogP contribution in [0.5, 0.6) is 0 Å². The summed E-state index contributed by atoms with van der Waals surface area (Å²) in [6.45, 7) is 5.26. The summed E-state index contributed by atoms with van der Waals surface area (Å²) in [5.74, 6) is 1.62. The molecule has 0 spiro atoms. The molecule has 1 aromatic rings. The van der Waals surface area contributed by atoms with Crippen LogP contribution in [0.1, 0.15) is 37.7 Å². The molecule has 1 atom stereocenters. The highest BCUT2D eigenvalue weighted by Crippen LogP contribution is 2.27. The molecule has 1 unspecified atom stereocenters. The maximum atomic E-state index is 5.96. The molecular formula is C10H16BrN3. The van der Waals surface area contributed by atoms with E-state index in [9.17, 15) is 0 Å². The van der Waals surface area contributed by atoms with Crippen LogP contribution in [0.15, 0.2) is 4.60 Å². The number of hydrogen-bond acceptors (Lipinski definition) is 2. The summed E-state index contributed by atoms with van der Waals surface area (Å²) in [6.07, 6.45) is 2.11. The fourth-order valence-corrected chi connectivity index (χ4v) is 2.60. The van der Waals surface area contributed by atoms with E-state index in [1.54, 1.807) is 0 Å². The third-order valence-electron chi connectivity index (χ3n) is 2.74. The van der Waals surface area contributed by atoms with E-state index >= 15 is 0 Å². The fourth-order valence-electron chi connectivity index (χ4n) is 2.01. The van der Waals surface area contributed by atoms with Gasteiger partial charge in [-0.25, -0.2) is 4.98 Å². The lowest BCUT2D eigenvalue weighted by molar-refractivity contribution is 0.442. The third kappa shape index (κ3) is 1.61. The van der Waals surface area contributed by atoms with Gasteiger partial charge in [0, 0.05) is 18.5 Å². The van der Waals surface area contributed by atoms with E-state index in [0.29, 0.717) is 12.0 Å². The maximum absolute atomic E-state index is 5.96. The molecule has 78 valence electrons. The first-order valence-electron chi connectivity index (χ1n) is 5.10. The topological polar surface area (TPSA) is 43.8 Å². The highest BCUT2D eigenvalue weighted by atomic mass is 79.9. The summed E-state index contributed by atoms with van der Waals surface area (Å²) in [7, 11) is 0. The Morgan fingerprint density at radius 2 is 2.29 bits per heavy atom. The molecule has 4 heteroatoms. The molecule has 0 fully saturated rings. The second-order valence-electron chi connectivity index (χ2n) is 4.27. The zero-order valence-corrected chi connectivity index (χ0v) is 10.2. The van der Waals surface area contributed by atoms with Gasteiger partial charge in [0.1, 0.15) is 10.4 Å². The molecule has 0 saturated carbocycles. The molecule has 1 aliphatic rings. The smallest absolute Gasteiger partial charge is 0.127 e. The van der Waals surface area contributed by atoms with Crippen molar-refractivity contribution in [2.75, 3.05) is 0 Å². The molecule has 0 amide bonds. The van der Waals surface area contributed by atoms with Gasteiger partial charge in [0.05, 0.1) is 5.69 Å². The van der Waals surface area contributed by atoms with Crippen LogP contribution in [-0.2, 0) is 13.0 Å². The summed E-state index contributed by atoms with van der Waals surface area (Å²) >= 11 is 3.52. The molecule has 0 aromatic carbocycles. The maximum Gasteiger partial charge on any atom is 0.127 e. The molecule has 2 N–H and O–H groups in total. The first-order valence-corrected chi connectivity index (χ1v) is 5.89. The quantitative estimate of drug-likeness (QED) is 0.837. The Morgan fingerprint density at radius 1 is 1.57 bits per heavy atom. The average Bonchev–Trinajstić information content (AvgIpc) is 2.43. The Balaban J connectivity index is 2.45. The molecule has 1 aliphatic heterocycles. The van der Waals surface area contributed by atoms with Gasteiger partial charge in [-0.15, -0.1) is 0 Å². The monoisotopic (exact) mass is 257 g/mol. The Hall–Kier alpha value is -0.350. The molecular weight excluding hydrogens is 242 g/mol. The first-order chi connectivity index (χ1) is 6.59. The number of aromatic nitrogens is 2. The van der Waals surface area contributed by atoms with Crippen molar-refractivity contribution in [1.29, 1.82) is 0 Å². The molecule has 2 heterocycles. The average molecular weight is 258 g/mol. The van der Waals surface area contributed by atoms with Crippen molar-refractivity contribution in [3.63, 3.8) is 0 Å². The zero-order chi connectivity index (χ0) is 10.3. The number of halogens is 1. The van der Waals surface area contributed by atoms with Crippen LogP contribution in [-0.4, -0.2) is 15.6 Å². The van der Waals surface area contributed by atoms with Gasteiger partial charge in [-0.2, -0.15) is 0 Å². The van der Waals surface area contributed by atoms with Crippen molar-refractivity contribution in [3.8, 4) is 0 Å². The highest BCUT2D eigenvalue weighted by Gasteiger charge is 2.23. The number of nitrogens with zero attached hydrogens (tertiary/aromatic N) is 2. The predicted octanol–water partition coefficient (Wildman–Crippen LogP) is 2.04. The molecule has 0 aliphatic carbocycles. The van der Waals surface area contributed by atoms with Gasteiger partial charge in [-0.1, -0.05) is 13.8 Å². The number of hydrogen-bond donors (Lipinski definition) is 1. The standard InChI is InChI=1S/C10H16BrN3/c1-6(2)10-13-9(11)8-4-3-7(12)5-14(8)10/h6-7H,3-5,12H2,1-2H3. The van der Waals surface area contributed by atoms with Crippen molar-refractivity contribution in [2.45, 2.75) is 45.2 Å². The van der Waals surface area contributed by atoms with Gasteiger partial charge in [0.25, 0.3) is 0 Å². The van der Waals surface area contributed by atoms with E-state index in [-0.39, 0.29) is 0 Å². The van der Waals surface area contributed by atoms with Gasteiger partial charge in [-0.05, 0) is 28.8 Å². The fraction of sp³-hybridized carbons (Fsp3) is 0.700. The van der Waals surface area contributed by atoms with Gasteiger partial charge < -0.3 is 10.3 Å². The summed E-state index contributed by atoms with van der Waals surface area (Å²) in [4.78, 5) is 4.55. The normalized spacial score (nSPS) is 21.4. The summed E-state index contributed by atoms with van der Waals surface area (Å²) < 4.78 is 3.29. The summed E-state index contributed by atoms with van der Waals surface area (Å²) in [5, 5.41) is 0. The van der Waals surface area contributed by atoms with E-state index in [1.165, 1.54) is 5.69 Å². The Labute approximate surface area is 92.8 Å². The first kappa shape index (κ1) is 10.2. The number of nitrogens with two attached hydrogens (primary N) is 1. The van der Waals surface area contributed by atoms with Crippen LogP contribution in [0.3, 0.4) is 0 Å². The van der Waals surface area contributed by atoms with Crippen LogP contribution >= 0.6 is 15.9 Å². The molecule has 1 aromatic heterocycles. The molecule has 0 bridgehead atoms. The number of imidazole rings is 1. The largest absolute Gasteiger partial charge is 0.329 e. The molecule has 14 heavy (non-hydrogen) atoms. The van der Waals surface area contributed by atoms with E-state index in [2.05, 4.69) is 39.3 Å². The van der Waals surface area contributed by atoms with E-state index in [4.69, 9.17) is 5.73 Å². The Kier molecular flexibility index (Phi) is 2.66. The van der Waals surface area contributed by atoms with Crippen molar-refractivity contribution in [3.05, 3.63) is 16.1 Å². The van der Waals surface area contributed by atoms with E-state index in [0.717, 1.165) is 29.8 Å². The molecule has 0 saturated heterocycles. The van der Waals surface area contributed by atoms with Crippen molar-refractivity contribution < 1.29 is 0 Å². The van der Waals surface area contributed by atoms with Crippen LogP contribution in [0.25, 0.3) is 0 Å². The zero-order valence-electron chi connectivity index (χ0n) is 8.63. The predicted molar refractivity (Wildman–Crippen MR) is 60.3 cm³/mol. The minimum atomic E-state index is 0.293. The lowest BCUT2D eigenvalue weighted by atomic mass is 10.1. The number of rotatable bonds is 1. The van der Waals surface area contributed by atoms with Gasteiger partial charge >= 0.3 is 0 Å². The van der Waals surface area contributed by atoms with Crippen molar-refractivity contribution in [1.82, 2.24) is 9.55 Å². The Morgan fingerprint density at radius 3 is 2.93 bits per heavy atom. The summed E-state index contributed by atoms with van der Waals surface area (Å²) in [6, 6.07) is 0.293. The van der Waals surface area contributed by atoms with Crippen molar-refractivity contribution in [2.24, 2.45) is 5.73 Å². The minimum absolute atomic E-state index is 0.293. The second kappa shape index (κ2) is 3.66. The van der Waals surface area contributed by atoms with Crippen LogP contribution in [0.2, 0.25) is 0 Å². The lowest BCUT2D eigenvalue weighted by Gasteiger charge is -2.23. The van der Waals surface area contributed by atoms with Gasteiger partial charge in [-0.3, -0.25) is 0 Å². The number of fused-ring (bicyclic) bond motifs is 1. The molecule has 3 nitrogen and oxygen atoms in total. The van der Waals surface area contributed by atoms with Crippen LogP contribution in [0.4, 0.5) is 0 Å². The minimum Gasteiger partial charge on any atom is -0.329 e. The van der Waals surface area contributed by atoms with E-state index < -0.39 is 0 Å². The van der Waals surface area contributed by atoms with Crippen LogP contribution in [0, 0.1) is 0 Å².